The molecule has 0 saturated carbocycles. The van der Waals surface area contributed by atoms with Crippen LogP contribution in [-0.2, 0) is 13.0 Å². The summed E-state index contributed by atoms with van der Waals surface area (Å²) in [5, 5.41) is 8.45. The number of hydrogen-bond donors (Lipinski definition) is 2. The van der Waals surface area contributed by atoms with Gasteiger partial charge in [0, 0.05) is 18.0 Å². The maximum absolute atomic E-state index is 12.5. The minimum Gasteiger partial charge on any atom is -0.493 e. The van der Waals surface area contributed by atoms with Gasteiger partial charge in [-0.1, -0.05) is 12.1 Å². The van der Waals surface area contributed by atoms with Crippen LogP contribution in [0.1, 0.15) is 17.4 Å². The molecule has 0 amide bonds. The molecule has 150 valence electrons. The number of ether oxygens (including phenoxy) is 2. The van der Waals surface area contributed by atoms with Crippen LogP contribution in [0.25, 0.3) is 0 Å². The molecule has 0 atom stereocenters. The van der Waals surface area contributed by atoms with Crippen molar-refractivity contribution in [1.29, 1.82) is 0 Å². The SMILES string of the molecule is CCNC(=NCc1cccs1)NCCc1ccc(OC)c(OC(F)F)c1.I. The van der Waals surface area contributed by atoms with E-state index in [0.29, 0.717) is 19.5 Å². The zero-order valence-corrected chi connectivity index (χ0v) is 18.4. The first-order valence-electron chi connectivity index (χ1n) is 8.28. The molecule has 9 heteroatoms. The van der Waals surface area contributed by atoms with Crippen LogP contribution in [0.5, 0.6) is 11.5 Å². The van der Waals surface area contributed by atoms with Crippen LogP contribution in [0, 0.1) is 0 Å². The molecule has 1 aromatic heterocycles. The van der Waals surface area contributed by atoms with Gasteiger partial charge >= 0.3 is 6.61 Å². The van der Waals surface area contributed by atoms with E-state index in [2.05, 4.69) is 20.4 Å². The van der Waals surface area contributed by atoms with Gasteiger partial charge in [-0.15, -0.1) is 35.3 Å². The van der Waals surface area contributed by atoms with Gasteiger partial charge in [0.2, 0.25) is 0 Å². The second-order valence-corrected chi connectivity index (χ2v) is 6.35. The van der Waals surface area contributed by atoms with Crippen molar-refractivity contribution >= 4 is 41.3 Å². The van der Waals surface area contributed by atoms with Gasteiger partial charge < -0.3 is 20.1 Å². The van der Waals surface area contributed by atoms with E-state index in [9.17, 15) is 8.78 Å². The first-order chi connectivity index (χ1) is 12.6. The van der Waals surface area contributed by atoms with Crippen molar-refractivity contribution in [1.82, 2.24) is 10.6 Å². The summed E-state index contributed by atoms with van der Waals surface area (Å²) in [6, 6.07) is 9.07. The van der Waals surface area contributed by atoms with E-state index in [0.717, 1.165) is 18.1 Å². The third-order valence-electron chi connectivity index (χ3n) is 3.47. The molecule has 0 aliphatic carbocycles. The number of halogens is 3. The fraction of sp³-hybridized carbons (Fsp3) is 0.389. The highest BCUT2D eigenvalue weighted by molar-refractivity contribution is 14.0. The molecular weight excluding hydrogens is 487 g/mol. The van der Waals surface area contributed by atoms with Crippen LogP contribution in [0.15, 0.2) is 40.7 Å². The Morgan fingerprint density at radius 1 is 1.22 bits per heavy atom. The van der Waals surface area contributed by atoms with E-state index in [4.69, 9.17) is 4.74 Å². The molecular formula is C18H24F2IN3O2S. The molecule has 27 heavy (non-hydrogen) atoms. The van der Waals surface area contributed by atoms with E-state index in [1.54, 1.807) is 23.5 Å². The molecule has 1 heterocycles. The third kappa shape index (κ3) is 8.29. The molecule has 0 saturated heterocycles. The lowest BCUT2D eigenvalue weighted by Gasteiger charge is -2.13. The summed E-state index contributed by atoms with van der Waals surface area (Å²) in [5.74, 6) is 1.05. The summed E-state index contributed by atoms with van der Waals surface area (Å²) in [7, 11) is 1.42. The van der Waals surface area contributed by atoms with Crippen molar-refractivity contribution in [2.24, 2.45) is 4.99 Å². The van der Waals surface area contributed by atoms with Gasteiger partial charge in [-0.05, 0) is 42.5 Å². The highest BCUT2D eigenvalue weighted by atomic mass is 127. The van der Waals surface area contributed by atoms with E-state index < -0.39 is 6.61 Å². The van der Waals surface area contributed by atoms with Crippen molar-refractivity contribution in [3.05, 3.63) is 46.2 Å². The van der Waals surface area contributed by atoms with Crippen molar-refractivity contribution in [3.63, 3.8) is 0 Å². The molecule has 2 rings (SSSR count). The van der Waals surface area contributed by atoms with Crippen LogP contribution in [0.2, 0.25) is 0 Å². The Hall–Kier alpha value is -1.62. The highest BCUT2D eigenvalue weighted by Gasteiger charge is 2.11. The molecule has 1 aromatic carbocycles. The second-order valence-electron chi connectivity index (χ2n) is 5.32. The first-order valence-corrected chi connectivity index (χ1v) is 9.16. The zero-order chi connectivity index (χ0) is 18.8. The fourth-order valence-electron chi connectivity index (χ4n) is 2.29. The number of guanidine groups is 1. The first kappa shape index (κ1) is 23.4. The number of benzene rings is 1. The quantitative estimate of drug-likeness (QED) is 0.300. The monoisotopic (exact) mass is 511 g/mol. The number of methoxy groups -OCH3 is 1. The topological polar surface area (TPSA) is 54.9 Å². The van der Waals surface area contributed by atoms with Gasteiger partial charge in [0.1, 0.15) is 0 Å². The molecule has 0 aliphatic rings. The Labute approximate surface area is 179 Å². The van der Waals surface area contributed by atoms with Gasteiger partial charge in [-0.25, -0.2) is 4.99 Å². The number of thiophene rings is 1. The summed E-state index contributed by atoms with van der Waals surface area (Å²) in [5.41, 5.74) is 0.864. The number of aliphatic imine (C=N–C) groups is 1. The Balaban J connectivity index is 0.00000364. The maximum atomic E-state index is 12.5. The minimum atomic E-state index is -2.89. The van der Waals surface area contributed by atoms with Crippen molar-refractivity contribution in [2.45, 2.75) is 26.5 Å². The van der Waals surface area contributed by atoms with Crippen LogP contribution >= 0.6 is 35.3 Å². The van der Waals surface area contributed by atoms with Crippen molar-refractivity contribution in [2.75, 3.05) is 20.2 Å². The Bertz CT molecular complexity index is 700. The fourth-order valence-corrected chi connectivity index (χ4v) is 2.92. The minimum absolute atomic E-state index is 0. The normalized spacial score (nSPS) is 11.1. The zero-order valence-electron chi connectivity index (χ0n) is 15.2. The predicted octanol–water partition coefficient (Wildman–Crippen LogP) is 4.27. The summed E-state index contributed by atoms with van der Waals surface area (Å²) < 4.78 is 34.5. The lowest BCUT2D eigenvalue weighted by molar-refractivity contribution is -0.0512. The number of hydrogen-bond acceptors (Lipinski definition) is 4. The van der Waals surface area contributed by atoms with Crippen LogP contribution in [0.3, 0.4) is 0 Å². The number of nitrogens with one attached hydrogen (secondary N) is 2. The molecule has 0 bridgehead atoms. The number of rotatable bonds is 9. The van der Waals surface area contributed by atoms with E-state index in [-0.39, 0.29) is 35.5 Å². The molecule has 0 aliphatic heterocycles. The van der Waals surface area contributed by atoms with Gasteiger partial charge in [-0.3, -0.25) is 0 Å². The standard InChI is InChI=1S/C18H23F2N3O2S.HI/c1-3-21-18(23-12-14-5-4-10-26-14)22-9-8-13-6-7-15(24-2)16(11-13)25-17(19)20;/h4-7,10-11,17H,3,8-9,12H2,1-2H3,(H2,21,22,23);1H. The molecule has 0 radical (unpaired) electrons. The van der Waals surface area contributed by atoms with E-state index in [1.807, 2.05) is 30.5 Å². The molecule has 0 fully saturated rings. The smallest absolute Gasteiger partial charge is 0.387 e. The average molecular weight is 511 g/mol. The average Bonchev–Trinajstić information content (AvgIpc) is 3.13. The Morgan fingerprint density at radius 3 is 2.67 bits per heavy atom. The lowest BCUT2D eigenvalue weighted by Crippen LogP contribution is -2.38. The molecule has 2 aromatic rings. The molecule has 2 N–H and O–H groups in total. The Kier molecular flexibility index (Phi) is 11.0. The summed E-state index contributed by atoms with van der Waals surface area (Å²) in [6.45, 7) is 1.09. The van der Waals surface area contributed by atoms with Crippen molar-refractivity contribution < 1.29 is 18.3 Å². The lowest BCUT2D eigenvalue weighted by atomic mass is 10.1. The van der Waals surface area contributed by atoms with E-state index >= 15 is 0 Å². The number of alkyl halides is 2. The second kappa shape index (κ2) is 12.7. The summed E-state index contributed by atoms with van der Waals surface area (Å²) in [4.78, 5) is 5.72. The summed E-state index contributed by atoms with van der Waals surface area (Å²) >= 11 is 1.66. The van der Waals surface area contributed by atoms with Gasteiger partial charge in [0.25, 0.3) is 0 Å². The van der Waals surface area contributed by atoms with Gasteiger partial charge in [0.15, 0.2) is 17.5 Å². The molecule has 5 nitrogen and oxygen atoms in total. The molecule has 0 unspecified atom stereocenters. The maximum Gasteiger partial charge on any atom is 0.387 e. The van der Waals surface area contributed by atoms with E-state index in [1.165, 1.54) is 12.0 Å². The summed E-state index contributed by atoms with van der Waals surface area (Å²) in [6.07, 6.45) is 0.632. The van der Waals surface area contributed by atoms with Crippen molar-refractivity contribution in [3.8, 4) is 11.5 Å². The number of nitrogens with zero attached hydrogens (tertiary/aromatic N) is 1. The molecule has 0 spiro atoms. The Morgan fingerprint density at radius 2 is 2.04 bits per heavy atom. The highest BCUT2D eigenvalue weighted by Crippen LogP contribution is 2.29. The van der Waals surface area contributed by atoms with Crippen LogP contribution < -0.4 is 20.1 Å². The van der Waals surface area contributed by atoms with Crippen LogP contribution in [-0.4, -0.2) is 32.8 Å². The van der Waals surface area contributed by atoms with Gasteiger partial charge in [0.05, 0.1) is 13.7 Å². The predicted molar refractivity (Wildman–Crippen MR) is 116 cm³/mol. The third-order valence-corrected chi connectivity index (χ3v) is 4.33. The van der Waals surface area contributed by atoms with Gasteiger partial charge in [-0.2, -0.15) is 8.78 Å². The van der Waals surface area contributed by atoms with Crippen LogP contribution in [0.4, 0.5) is 8.78 Å². The largest absolute Gasteiger partial charge is 0.493 e.